The lowest BCUT2D eigenvalue weighted by Crippen LogP contribution is -2.22. The van der Waals surface area contributed by atoms with Crippen LogP contribution in [0.3, 0.4) is 0 Å². The second kappa shape index (κ2) is 6.96. The highest BCUT2D eigenvalue weighted by Gasteiger charge is 2.26. The quantitative estimate of drug-likeness (QED) is 0.714. The minimum absolute atomic E-state index is 0.0631. The van der Waals surface area contributed by atoms with Gasteiger partial charge in [0.05, 0.1) is 5.71 Å². The zero-order chi connectivity index (χ0) is 17.9. The smallest absolute Gasteiger partial charge is 0.243 e. The first-order valence-electron chi connectivity index (χ1n) is 8.65. The number of rotatable bonds is 3. The summed E-state index contributed by atoms with van der Waals surface area (Å²) in [7, 11) is 0. The Morgan fingerprint density at radius 3 is 2.42 bits per heavy atom. The number of aryl methyl sites for hydroxylation is 2. The van der Waals surface area contributed by atoms with Gasteiger partial charge < -0.3 is 4.74 Å². The lowest BCUT2D eigenvalue weighted by atomic mass is 9.96. The molecule has 3 aromatic rings. The maximum Gasteiger partial charge on any atom is 0.243 e. The maximum atomic E-state index is 6.20. The summed E-state index contributed by atoms with van der Waals surface area (Å²) in [4.78, 5) is 8.78. The van der Waals surface area contributed by atoms with Crippen molar-refractivity contribution in [2.75, 3.05) is 5.43 Å². The monoisotopic (exact) mass is 344 g/mol. The summed E-state index contributed by atoms with van der Waals surface area (Å²) >= 11 is 0. The van der Waals surface area contributed by atoms with Gasteiger partial charge in [-0.3, -0.25) is 0 Å². The molecule has 0 amide bonds. The SMILES string of the molecule is Cc1cc(C)nc(NN=C2C[C@H](c3ccccc3)Oc3ccccc32)n1. The first-order chi connectivity index (χ1) is 12.7. The Labute approximate surface area is 152 Å². The van der Waals surface area contributed by atoms with Crippen LogP contribution in [0.25, 0.3) is 0 Å². The van der Waals surface area contributed by atoms with E-state index < -0.39 is 0 Å². The Morgan fingerprint density at radius 1 is 0.962 bits per heavy atom. The lowest BCUT2D eigenvalue weighted by Gasteiger charge is -2.27. The number of para-hydroxylation sites is 1. The van der Waals surface area contributed by atoms with Gasteiger partial charge in [0.1, 0.15) is 11.9 Å². The number of anilines is 1. The van der Waals surface area contributed by atoms with Crippen molar-refractivity contribution in [2.24, 2.45) is 5.10 Å². The molecule has 0 saturated carbocycles. The van der Waals surface area contributed by atoms with E-state index in [1.807, 2.05) is 62.4 Å². The molecule has 26 heavy (non-hydrogen) atoms. The molecule has 0 unspecified atom stereocenters. The Balaban J connectivity index is 1.67. The molecule has 2 aromatic carbocycles. The lowest BCUT2D eigenvalue weighted by molar-refractivity contribution is 0.206. The van der Waals surface area contributed by atoms with E-state index in [1.54, 1.807) is 0 Å². The van der Waals surface area contributed by atoms with Crippen LogP contribution in [0.1, 0.15) is 35.0 Å². The summed E-state index contributed by atoms with van der Waals surface area (Å²) in [6, 6.07) is 20.1. The van der Waals surface area contributed by atoms with Gasteiger partial charge in [-0.1, -0.05) is 42.5 Å². The molecule has 5 nitrogen and oxygen atoms in total. The molecule has 130 valence electrons. The van der Waals surface area contributed by atoms with Crippen molar-refractivity contribution < 1.29 is 4.74 Å². The second-order valence-corrected chi connectivity index (χ2v) is 6.36. The second-order valence-electron chi connectivity index (χ2n) is 6.36. The highest BCUT2D eigenvalue weighted by atomic mass is 16.5. The average molecular weight is 344 g/mol. The molecule has 1 aromatic heterocycles. The van der Waals surface area contributed by atoms with Crippen molar-refractivity contribution in [3.8, 4) is 5.75 Å². The van der Waals surface area contributed by atoms with Gasteiger partial charge in [0.25, 0.3) is 0 Å². The minimum atomic E-state index is -0.0631. The fraction of sp³-hybridized carbons (Fsp3) is 0.190. The van der Waals surface area contributed by atoms with Crippen LogP contribution in [0.2, 0.25) is 0 Å². The highest BCUT2D eigenvalue weighted by Crippen LogP contribution is 2.35. The molecule has 0 radical (unpaired) electrons. The number of hydrogen-bond donors (Lipinski definition) is 1. The van der Waals surface area contributed by atoms with E-state index in [-0.39, 0.29) is 6.10 Å². The maximum absolute atomic E-state index is 6.20. The van der Waals surface area contributed by atoms with Crippen LogP contribution in [0.15, 0.2) is 65.8 Å². The fourth-order valence-electron chi connectivity index (χ4n) is 3.14. The number of benzene rings is 2. The number of nitrogens with zero attached hydrogens (tertiary/aromatic N) is 3. The van der Waals surface area contributed by atoms with Crippen LogP contribution in [-0.2, 0) is 0 Å². The number of hydrazone groups is 1. The molecule has 1 aliphatic heterocycles. The first-order valence-corrected chi connectivity index (χ1v) is 8.65. The van der Waals surface area contributed by atoms with Gasteiger partial charge >= 0.3 is 0 Å². The van der Waals surface area contributed by atoms with Gasteiger partial charge in [-0.15, -0.1) is 0 Å². The molecular formula is C21H20N4O. The van der Waals surface area contributed by atoms with Gasteiger partial charge in [0.2, 0.25) is 5.95 Å². The molecule has 2 heterocycles. The number of fused-ring (bicyclic) bond motifs is 1. The molecule has 0 spiro atoms. The first kappa shape index (κ1) is 16.3. The van der Waals surface area contributed by atoms with E-state index in [9.17, 15) is 0 Å². The molecule has 1 aliphatic rings. The largest absolute Gasteiger partial charge is 0.485 e. The Hall–Kier alpha value is -3.21. The summed E-state index contributed by atoms with van der Waals surface area (Å²) in [5, 5.41) is 4.61. The van der Waals surface area contributed by atoms with Crippen molar-refractivity contribution >= 4 is 11.7 Å². The Bertz CT molecular complexity index is 933. The van der Waals surface area contributed by atoms with Crippen LogP contribution in [0.4, 0.5) is 5.95 Å². The van der Waals surface area contributed by atoms with Crippen LogP contribution in [0.5, 0.6) is 5.75 Å². The van der Waals surface area contributed by atoms with E-state index in [4.69, 9.17) is 4.74 Å². The van der Waals surface area contributed by atoms with Crippen molar-refractivity contribution in [3.05, 3.63) is 83.2 Å². The summed E-state index contributed by atoms with van der Waals surface area (Å²) < 4.78 is 6.20. The van der Waals surface area contributed by atoms with Crippen LogP contribution in [0, 0.1) is 13.8 Å². The van der Waals surface area contributed by atoms with Gasteiger partial charge in [0.15, 0.2) is 0 Å². The molecule has 5 heteroatoms. The summed E-state index contributed by atoms with van der Waals surface area (Å²) in [6.07, 6.45) is 0.616. The third kappa shape index (κ3) is 3.42. The predicted octanol–water partition coefficient (Wildman–Crippen LogP) is 4.43. The van der Waals surface area contributed by atoms with E-state index >= 15 is 0 Å². The number of nitrogens with one attached hydrogen (secondary N) is 1. The summed E-state index contributed by atoms with van der Waals surface area (Å²) in [5.41, 5.74) is 7.91. The predicted molar refractivity (Wildman–Crippen MR) is 103 cm³/mol. The third-order valence-corrected chi connectivity index (χ3v) is 4.29. The molecule has 0 aliphatic carbocycles. The topological polar surface area (TPSA) is 59.4 Å². The zero-order valence-electron chi connectivity index (χ0n) is 14.8. The van der Waals surface area contributed by atoms with Gasteiger partial charge in [0, 0.05) is 23.4 Å². The highest BCUT2D eigenvalue weighted by molar-refractivity contribution is 6.04. The minimum Gasteiger partial charge on any atom is -0.485 e. The van der Waals surface area contributed by atoms with Crippen LogP contribution in [-0.4, -0.2) is 15.7 Å². The van der Waals surface area contributed by atoms with E-state index in [1.165, 1.54) is 0 Å². The number of hydrogen-bond acceptors (Lipinski definition) is 5. The molecular weight excluding hydrogens is 324 g/mol. The molecule has 0 saturated heterocycles. The van der Waals surface area contributed by atoms with Gasteiger partial charge in [-0.25, -0.2) is 15.4 Å². The molecule has 0 fully saturated rings. The zero-order valence-corrected chi connectivity index (χ0v) is 14.8. The Morgan fingerprint density at radius 2 is 1.65 bits per heavy atom. The third-order valence-electron chi connectivity index (χ3n) is 4.29. The van der Waals surface area contributed by atoms with Gasteiger partial charge in [-0.05, 0) is 37.6 Å². The van der Waals surface area contributed by atoms with Crippen LogP contribution < -0.4 is 10.2 Å². The standard InChI is InChI=1S/C21H20N4O/c1-14-12-15(2)23-21(22-14)25-24-18-13-20(16-8-4-3-5-9-16)26-19-11-7-6-10-17(18)19/h3-12,20H,13H2,1-2H3,(H,22,23,25)/t20-/m1/s1. The number of ether oxygens (including phenoxy) is 1. The number of aromatic nitrogens is 2. The van der Waals surface area contributed by atoms with E-state index in [0.29, 0.717) is 12.4 Å². The van der Waals surface area contributed by atoms with E-state index in [0.717, 1.165) is 34.0 Å². The molecule has 1 atom stereocenters. The van der Waals surface area contributed by atoms with Crippen molar-refractivity contribution in [2.45, 2.75) is 26.4 Å². The van der Waals surface area contributed by atoms with Crippen molar-refractivity contribution in [1.29, 1.82) is 0 Å². The normalized spacial score (nSPS) is 17.5. The Kier molecular flexibility index (Phi) is 4.35. The molecule has 0 bridgehead atoms. The van der Waals surface area contributed by atoms with Crippen molar-refractivity contribution in [3.63, 3.8) is 0 Å². The summed E-state index contributed by atoms with van der Waals surface area (Å²) in [5.74, 6) is 1.35. The average Bonchev–Trinajstić information content (AvgIpc) is 2.66. The van der Waals surface area contributed by atoms with E-state index in [2.05, 4.69) is 32.6 Å². The molecule has 1 N–H and O–H groups in total. The molecule has 4 rings (SSSR count). The van der Waals surface area contributed by atoms with Crippen molar-refractivity contribution in [1.82, 2.24) is 9.97 Å². The summed E-state index contributed by atoms with van der Waals surface area (Å²) in [6.45, 7) is 3.89. The van der Waals surface area contributed by atoms with Crippen LogP contribution >= 0.6 is 0 Å². The fourth-order valence-corrected chi connectivity index (χ4v) is 3.14. The van der Waals surface area contributed by atoms with Gasteiger partial charge in [-0.2, -0.15) is 5.10 Å².